The van der Waals surface area contributed by atoms with Crippen LogP contribution in [0.1, 0.15) is 0 Å². The highest BCUT2D eigenvalue weighted by Gasteiger charge is 2.00. The smallest absolute Gasteiger partial charge is 0.0589 e. The van der Waals surface area contributed by atoms with Crippen molar-refractivity contribution in [2.45, 2.75) is 0 Å². The molecule has 0 aliphatic carbocycles. The molecule has 80 valence electrons. The van der Waals surface area contributed by atoms with Crippen LogP contribution in [0, 0.1) is 12.3 Å². The molecule has 0 bridgehead atoms. The Labute approximate surface area is 87.1 Å². The van der Waals surface area contributed by atoms with Crippen LogP contribution in [0.25, 0.3) is 0 Å². The zero-order valence-corrected chi connectivity index (χ0v) is 8.96. The van der Waals surface area contributed by atoms with Gasteiger partial charge in [-0.05, 0) is 0 Å². The summed E-state index contributed by atoms with van der Waals surface area (Å²) < 4.78 is 5.02. The molecule has 0 radical (unpaired) electrons. The van der Waals surface area contributed by atoms with E-state index in [0.717, 1.165) is 32.8 Å². The van der Waals surface area contributed by atoms with Crippen LogP contribution in [0.2, 0.25) is 0 Å². The van der Waals surface area contributed by atoms with Crippen LogP contribution >= 0.6 is 0 Å². The topological polar surface area (TPSA) is 24.5 Å². The third-order valence-corrected chi connectivity index (χ3v) is 1.83. The van der Waals surface area contributed by atoms with Crippen LogP contribution in [-0.4, -0.2) is 51.3 Å². The van der Waals surface area contributed by atoms with E-state index in [-0.39, 0.29) is 0 Å². The minimum absolute atomic E-state index is 0.631. The molecule has 0 fully saturated rings. The molecule has 0 unspecified atom stereocenters. The van der Waals surface area contributed by atoms with Gasteiger partial charge in [-0.15, -0.1) is 13.0 Å². The maximum absolute atomic E-state index is 5.12. The number of ether oxygens (including phenoxy) is 1. The average Bonchev–Trinajstić information content (AvgIpc) is 2.20. The molecule has 3 nitrogen and oxygen atoms in total. The van der Waals surface area contributed by atoms with E-state index in [1.165, 1.54) is 0 Å². The van der Waals surface area contributed by atoms with Crippen LogP contribution in [0.15, 0.2) is 12.7 Å². The molecule has 0 aliphatic rings. The van der Waals surface area contributed by atoms with Crippen molar-refractivity contribution in [3.05, 3.63) is 12.7 Å². The van der Waals surface area contributed by atoms with Gasteiger partial charge in [-0.2, -0.15) is 0 Å². The van der Waals surface area contributed by atoms with Gasteiger partial charge in [-0.1, -0.05) is 12.0 Å². The molecule has 0 amide bonds. The molecular formula is C11H20N2O. The van der Waals surface area contributed by atoms with E-state index in [1.54, 1.807) is 7.11 Å². The van der Waals surface area contributed by atoms with Crippen LogP contribution in [0.4, 0.5) is 0 Å². The summed E-state index contributed by atoms with van der Waals surface area (Å²) in [4.78, 5) is 2.26. The Bertz CT molecular complexity index is 175. The fraction of sp³-hybridized carbons (Fsp3) is 0.636. The molecule has 0 heterocycles. The van der Waals surface area contributed by atoms with Crippen molar-refractivity contribution in [2.75, 3.05) is 46.4 Å². The minimum Gasteiger partial charge on any atom is -0.383 e. The molecule has 0 aromatic heterocycles. The number of hydrogen-bond donors (Lipinski definition) is 1. The van der Waals surface area contributed by atoms with Gasteiger partial charge in [-0.3, -0.25) is 4.90 Å². The summed E-state index contributed by atoms with van der Waals surface area (Å²) in [6, 6.07) is 0. The van der Waals surface area contributed by atoms with Crippen molar-refractivity contribution in [2.24, 2.45) is 0 Å². The van der Waals surface area contributed by atoms with E-state index in [4.69, 9.17) is 11.2 Å². The average molecular weight is 196 g/mol. The Morgan fingerprint density at radius 2 is 2.36 bits per heavy atom. The quantitative estimate of drug-likeness (QED) is 0.327. The SMILES string of the molecule is C#CCNCCN(CC=C)CCOC. The normalized spacial score (nSPS) is 10.1. The summed E-state index contributed by atoms with van der Waals surface area (Å²) in [7, 11) is 1.71. The van der Waals surface area contributed by atoms with Crippen molar-refractivity contribution in [3.63, 3.8) is 0 Å². The maximum Gasteiger partial charge on any atom is 0.0589 e. The molecule has 0 atom stereocenters. The molecular weight excluding hydrogens is 176 g/mol. The Morgan fingerprint density at radius 1 is 1.57 bits per heavy atom. The standard InChI is InChI=1S/C11H20N2O/c1-4-6-12-7-9-13(8-5-2)10-11-14-3/h1,5,12H,2,6-11H2,3H3. The zero-order chi connectivity index (χ0) is 10.6. The first kappa shape index (κ1) is 13.2. The summed E-state index contributed by atoms with van der Waals surface area (Å²) in [5.41, 5.74) is 0. The lowest BCUT2D eigenvalue weighted by atomic mass is 10.4. The monoisotopic (exact) mass is 196 g/mol. The van der Waals surface area contributed by atoms with Gasteiger partial charge in [0.1, 0.15) is 0 Å². The lowest BCUT2D eigenvalue weighted by Crippen LogP contribution is -2.34. The second-order valence-corrected chi connectivity index (χ2v) is 2.96. The van der Waals surface area contributed by atoms with Crippen molar-refractivity contribution < 1.29 is 4.74 Å². The third-order valence-electron chi connectivity index (χ3n) is 1.83. The Balaban J connectivity index is 3.51. The second-order valence-electron chi connectivity index (χ2n) is 2.96. The van der Waals surface area contributed by atoms with Gasteiger partial charge in [0.15, 0.2) is 0 Å². The molecule has 0 saturated heterocycles. The predicted molar refractivity (Wildman–Crippen MR) is 60.2 cm³/mol. The molecule has 0 aromatic carbocycles. The lowest BCUT2D eigenvalue weighted by molar-refractivity contribution is 0.155. The van der Waals surface area contributed by atoms with E-state index < -0.39 is 0 Å². The van der Waals surface area contributed by atoms with Gasteiger partial charge in [0, 0.05) is 33.3 Å². The van der Waals surface area contributed by atoms with Crippen LogP contribution < -0.4 is 5.32 Å². The number of terminal acetylenes is 1. The van der Waals surface area contributed by atoms with E-state index in [1.807, 2.05) is 6.08 Å². The highest BCUT2D eigenvalue weighted by molar-refractivity contribution is 4.86. The zero-order valence-electron chi connectivity index (χ0n) is 8.96. The summed E-state index contributed by atoms with van der Waals surface area (Å²) in [5, 5.41) is 3.15. The highest BCUT2D eigenvalue weighted by Crippen LogP contribution is 1.87. The van der Waals surface area contributed by atoms with Gasteiger partial charge in [0.25, 0.3) is 0 Å². The first-order valence-corrected chi connectivity index (χ1v) is 4.81. The molecule has 3 heteroatoms. The number of nitrogens with zero attached hydrogens (tertiary/aromatic N) is 1. The summed E-state index contributed by atoms with van der Waals surface area (Å²) >= 11 is 0. The van der Waals surface area contributed by atoms with E-state index in [2.05, 4.69) is 22.7 Å². The molecule has 14 heavy (non-hydrogen) atoms. The van der Waals surface area contributed by atoms with Crippen molar-refractivity contribution >= 4 is 0 Å². The highest BCUT2D eigenvalue weighted by atomic mass is 16.5. The molecule has 0 rings (SSSR count). The van der Waals surface area contributed by atoms with E-state index in [0.29, 0.717) is 6.54 Å². The Morgan fingerprint density at radius 3 is 2.93 bits per heavy atom. The van der Waals surface area contributed by atoms with Crippen LogP contribution in [-0.2, 0) is 4.74 Å². The lowest BCUT2D eigenvalue weighted by Gasteiger charge is -2.19. The van der Waals surface area contributed by atoms with Crippen molar-refractivity contribution in [1.82, 2.24) is 10.2 Å². The molecule has 0 saturated carbocycles. The third kappa shape index (κ3) is 7.81. The molecule has 1 N–H and O–H groups in total. The molecule has 0 spiro atoms. The van der Waals surface area contributed by atoms with Crippen LogP contribution in [0.3, 0.4) is 0 Å². The first-order chi connectivity index (χ1) is 6.85. The second kappa shape index (κ2) is 10.3. The van der Waals surface area contributed by atoms with E-state index in [9.17, 15) is 0 Å². The van der Waals surface area contributed by atoms with Crippen molar-refractivity contribution in [3.8, 4) is 12.3 Å². The first-order valence-electron chi connectivity index (χ1n) is 4.81. The Hall–Kier alpha value is -0.820. The fourth-order valence-corrected chi connectivity index (χ4v) is 1.10. The van der Waals surface area contributed by atoms with Gasteiger partial charge >= 0.3 is 0 Å². The minimum atomic E-state index is 0.631. The maximum atomic E-state index is 5.12. The Kier molecular flexibility index (Phi) is 9.66. The van der Waals surface area contributed by atoms with Crippen molar-refractivity contribution in [1.29, 1.82) is 0 Å². The summed E-state index contributed by atoms with van der Waals surface area (Å²) in [5.74, 6) is 2.54. The summed E-state index contributed by atoms with van der Waals surface area (Å²) in [6.45, 7) is 8.80. The van der Waals surface area contributed by atoms with Gasteiger partial charge < -0.3 is 10.1 Å². The molecule has 0 aliphatic heterocycles. The fourth-order valence-electron chi connectivity index (χ4n) is 1.10. The van der Waals surface area contributed by atoms with Crippen LogP contribution in [0.5, 0.6) is 0 Å². The largest absolute Gasteiger partial charge is 0.383 e. The van der Waals surface area contributed by atoms with Gasteiger partial charge in [-0.25, -0.2) is 0 Å². The molecule has 0 aromatic rings. The summed E-state index contributed by atoms with van der Waals surface area (Å²) in [6.07, 6.45) is 7.02. The number of methoxy groups -OCH3 is 1. The number of nitrogens with one attached hydrogen (secondary N) is 1. The van der Waals surface area contributed by atoms with Gasteiger partial charge in [0.05, 0.1) is 13.2 Å². The van der Waals surface area contributed by atoms with E-state index >= 15 is 0 Å². The number of rotatable bonds is 9. The van der Waals surface area contributed by atoms with Gasteiger partial charge in [0.2, 0.25) is 0 Å². The predicted octanol–water partition coefficient (Wildman–Crippen LogP) is 0.344. The number of hydrogen-bond acceptors (Lipinski definition) is 3.